The van der Waals surface area contributed by atoms with E-state index >= 15 is 0 Å². The van der Waals surface area contributed by atoms with E-state index < -0.39 is 5.82 Å². The molecule has 1 aromatic carbocycles. The number of rotatable bonds is 2. The zero-order valence-corrected chi connectivity index (χ0v) is 8.48. The smallest absolute Gasteiger partial charge is 0.189 e. The van der Waals surface area contributed by atoms with Crippen LogP contribution in [0, 0.1) is 17.1 Å². The normalized spacial score (nSPS) is 10.2. The predicted molar refractivity (Wildman–Crippen MR) is 58.4 cm³/mol. The Bertz CT molecular complexity index is 625. The third-order valence-corrected chi connectivity index (χ3v) is 2.40. The zero-order valence-electron chi connectivity index (χ0n) is 8.48. The van der Waals surface area contributed by atoms with E-state index in [1.807, 2.05) is 6.07 Å². The van der Waals surface area contributed by atoms with Crippen molar-refractivity contribution in [3.8, 4) is 6.07 Å². The lowest BCUT2D eigenvalue weighted by Gasteiger charge is -2.08. The monoisotopic (exact) mass is 216 g/mol. The minimum atomic E-state index is -0.428. The Morgan fingerprint density at radius 2 is 2.19 bits per heavy atom. The summed E-state index contributed by atoms with van der Waals surface area (Å²) in [7, 11) is 0. The number of nitriles is 1. The standard InChI is InChI=1S/C12H9FN2O/c13-9-2-3-11-10(8-9)12(16)4-7-15(11)6-1-5-14/h2-4,7-8H,1,6H2. The number of benzene rings is 1. The summed E-state index contributed by atoms with van der Waals surface area (Å²) in [4.78, 5) is 11.5. The van der Waals surface area contributed by atoms with E-state index in [1.165, 1.54) is 18.2 Å². The summed E-state index contributed by atoms with van der Waals surface area (Å²) in [5.41, 5.74) is 0.451. The molecule has 1 heterocycles. The first-order valence-electron chi connectivity index (χ1n) is 4.88. The van der Waals surface area contributed by atoms with Gasteiger partial charge in [-0.15, -0.1) is 0 Å². The molecule has 4 heteroatoms. The van der Waals surface area contributed by atoms with Crippen molar-refractivity contribution < 1.29 is 4.39 Å². The first-order valence-corrected chi connectivity index (χ1v) is 4.88. The van der Waals surface area contributed by atoms with Gasteiger partial charge in [-0.25, -0.2) is 4.39 Å². The fraction of sp³-hybridized carbons (Fsp3) is 0.167. The van der Waals surface area contributed by atoms with Crippen LogP contribution in [-0.2, 0) is 6.54 Å². The number of hydrogen-bond donors (Lipinski definition) is 0. The maximum absolute atomic E-state index is 13.0. The van der Waals surface area contributed by atoms with Gasteiger partial charge in [-0.2, -0.15) is 5.26 Å². The van der Waals surface area contributed by atoms with Gasteiger partial charge in [-0.3, -0.25) is 4.79 Å². The van der Waals surface area contributed by atoms with Crippen molar-refractivity contribution >= 4 is 10.9 Å². The Morgan fingerprint density at radius 3 is 2.94 bits per heavy atom. The Labute approximate surface area is 91.4 Å². The molecular formula is C12H9FN2O. The highest BCUT2D eigenvalue weighted by Crippen LogP contribution is 2.12. The van der Waals surface area contributed by atoms with E-state index in [0.29, 0.717) is 23.9 Å². The summed E-state index contributed by atoms with van der Waals surface area (Å²) in [5, 5.41) is 8.86. The quantitative estimate of drug-likeness (QED) is 0.771. The van der Waals surface area contributed by atoms with Crippen LogP contribution in [0.5, 0.6) is 0 Å². The van der Waals surface area contributed by atoms with Gasteiger partial charge in [0.2, 0.25) is 0 Å². The van der Waals surface area contributed by atoms with Crippen molar-refractivity contribution in [2.45, 2.75) is 13.0 Å². The Kier molecular flexibility index (Phi) is 2.69. The van der Waals surface area contributed by atoms with Gasteiger partial charge in [0.15, 0.2) is 5.43 Å². The Hall–Kier alpha value is -2.15. The van der Waals surface area contributed by atoms with Crippen molar-refractivity contribution in [2.75, 3.05) is 0 Å². The predicted octanol–water partition coefficient (Wildman–Crippen LogP) is 2.05. The van der Waals surface area contributed by atoms with Gasteiger partial charge in [0.25, 0.3) is 0 Å². The maximum atomic E-state index is 13.0. The Balaban J connectivity index is 2.65. The molecule has 3 nitrogen and oxygen atoms in total. The van der Waals surface area contributed by atoms with Crippen LogP contribution in [0.2, 0.25) is 0 Å². The lowest BCUT2D eigenvalue weighted by atomic mass is 10.2. The molecule has 0 N–H and O–H groups in total. The van der Waals surface area contributed by atoms with Crippen LogP contribution in [0.25, 0.3) is 10.9 Å². The largest absolute Gasteiger partial charge is 0.346 e. The van der Waals surface area contributed by atoms with Crippen LogP contribution in [0.1, 0.15) is 6.42 Å². The van der Waals surface area contributed by atoms with Crippen molar-refractivity contribution in [3.05, 3.63) is 46.5 Å². The van der Waals surface area contributed by atoms with Gasteiger partial charge in [-0.1, -0.05) is 0 Å². The molecule has 0 spiro atoms. The molecule has 0 bridgehead atoms. The number of aromatic nitrogens is 1. The lowest BCUT2D eigenvalue weighted by molar-refractivity contribution is 0.629. The van der Waals surface area contributed by atoms with Crippen LogP contribution in [0.4, 0.5) is 4.39 Å². The molecular weight excluding hydrogens is 207 g/mol. The number of fused-ring (bicyclic) bond motifs is 1. The molecule has 0 fully saturated rings. The van der Waals surface area contributed by atoms with Crippen LogP contribution in [-0.4, -0.2) is 4.57 Å². The SMILES string of the molecule is N#CCCn1ccc(=O)c2cc(F)ccc21. The number of aryl methyl sites for hydroxylation is 1. The molecule has 16 heavy (non-hydrogen) atoms. The van der Waals surface area contributed by atoms with Gasteiger partial charge >= 0.3 is 0 Å². The first-order chi connectivity index (χ1) is 7.72. The minimum absolute atomic E-state index is 0.206. The van der Waals surface area contributed by atoms with E-state index in [1.54, 1.807) is 16.8 Å². The average Bonchev–Trinajstić information content (AvgIpc) is 2.29. The van der Waals surface area contributed by atoms with Gasteiger partial charge in [0, 0.05) is 24.2 Å². The van der Waals surface area contributed by atoms with Crippen LogP contribution >= 0.6 is 0 Å². The molecule has 0 radical (unpaired) electrons. The summed E-state index contributed by atoms with van der Waals surface area (Å²) in [6.45, 7) is 0.499. The van der Waals surface area contributed by atoms with Gasteiger partial charge in [0.05, 0.1) is 18.0 Å². The van der Waals surface area contributed by atoms with Gasteiger partial charge in [0.1, 0.15) is 5.82 Å². The average molecular weight is 216 g/mol. The minimum Gasteiger partial charge on any atom is -0.346 e. The molecule has 1 aromatic heterocycles. The molecule has 0 aliphatic heterocycles. The highest BCUT2D eigenvalue weighted by Gasteiger charge is 2.03. The second-order valence-corrected chi connectivity index (χ2v) is 3.44. The van der Waals surface area contributed by atoms with E-state index in [-0.39, 0.29) is 5.43 Å². The van der Waals surface area contributed by atoms with E-state index in [4.69, 9.17) is 5.26 Å². The van der Waals surface area contributed by atoms with Crippen LogP contribution in [0.3, 0.4) is 0 Å². The first kappa shape index (κ1) is 10.4. The van der Waals surface area contributed by atoms with Crippen molar-refractivity contribution in [1.82, 2.24) is 4.57 Å². The van der Waals surface area contributed by atoms with Gasteiger partial charge in [-0.05, 0) is 18.2 Å². The number of pyridine rings is 1. The lowest BCUT2D eigenvalue weighted by Crippen LogP contribution is -2.08. The van der Waals surface area contributed by atoms with Gasteiger partial charge < -0.3 is 4.57 Å². The molecule has 80 valence electrons. The third-order valence-electron chi connectivity index (χ3n) is 2.40. The molecule has 0 aliphatic carbocycles. The third kappa shape index (κ3) is 1.80. The van der Waals surface area contributed by atoms with Crippen LogP contribution < -0.4 is 5.43 Å². The Morgan fingerprint density at radius 1 is 1.38 bits per heavy atom. The summed E-state index contributed by atoms with van der Waals surface area (Å²) >= 11 is 0. The van der Waals surface area contributed by atoms with E-state index in [9.17, 15) is 9.18 Å². The molecule has 0 atom stereocenters. The highest BCUT2D eigenvalue weighted by molar-refractivity contribution is 5.78. The molecule has 0 saturated heterocycles. The highest BCUT2D eigenvalue weighted by atomic mass is 19.1. The number of nitrogens with zero attached hydrogens (tertiary/aromatic N) is 2. The molecule has 0 unspecified atom stereocenters. The molecule has 0 amide bonds. The fourth-order valence-corrected chi connectivity index (χ4v) is 1.65. The zero-order chi connectivity index (χ0) is 11.5. The molecule has 0 aliphatic rings. The second kappa shape index (κ2) is 4.15. The van der Waals surface area contributed by atoms with E-state index in [2.05, 4.69) is 0 Å². The van der Waals surface area contributed by atoms with Crippen LogP contribution in [0.15, 0.2) is 35.3 Å². The number of hydrogen-bond acceptors (Lipinski definition) is 2. The molecule has 2 aromatic rings. The summed E-state index contributed by atoms with van der Waals surface area (Å²) < 4.78 is 14.8. The second-order valence-electron chi connectivity index (χ2n) is 3.44. The molecule has 2 rings (SSSR count). The summed E-state index contributed by atoms with van der Waals surface area (Å²) in [5.74, 6) is -0.428. The maximum Gasteiger partial charge on any atom is 0.189 e. The fourth-order valence-electron chi connectivity index (χ4n) is 1.65. The molecule has 0 saturated carbocycles. The number of halogens is 1. The van der Waals surface area contributed by atoms with Crippen molar-refractivity contribution in [1.29, 1.82) is 5.26 Å². The van der Waals surface area contributed by atoms with Crippen molar-refractivity contribution in [3.63, 3.8) is 0 Å². The summed E-state index contributed by atoms with van der Waals surface area (Å²) in [6, 6.07) is 7.51. The van der Waals surface area contributed by atoms with Crippen molar-refractivity contribution in [2.24, 2.45) is 0 Å². The summed E-state index contributed by atoms with van der Waals surface area (Å²) in [6.07, 6.45) is 1.98. The van der Waals surface area contributed by atoms with E-state index in [0.717, 1.165) is 0 Å². The topological polar surface area (TPSA) is 45.8 Å².